The van der Waals surface area contributed by atoms with Crippen molar-refractivity contribution in [3.8, 4) is 0 Å². The highest BCUT2D eigenvalue weighted by Crippen LogP contribution is 2.20. The lowest BCUT2D eigenvalue weighted by molar-refractivity contribution is 0.821. The van der Waals surface area contributed by atoms with Gasteiger partial charge in [0.25, 0.3) is 0 Å². The summed E-state index contributed by atoms with van der Waals surface area (Å²) in [6.45, 7) is 0.532. The highest BCUT2D eigenvalue weighted by atomic mass is 35.5. The highest BCUT2D eigenvalue weighted by Gasteiger charge is 2.06. The standard InChI is InChI=1S/C15H10Cl2N2O/c16-12-7-15(17)18-8-10(12)9-19-6-5-14(20)11-3-1-2-4-13(11)19/h1-8H,9H2. The molecular weight excluding hydrogens is 295 g/mol. The average molecular weight is 305 g/mol. The van der Waals surface area contributed by atoms with Crippen molar-refractivity contribution in [1.29, 1.82) is 0 Å². The van der Waals surface area contributed by atoms with Gasteiger partial charge in [0.15, 0.2) is 5.43 Å². The zero-order chi connectivity index (χ0) is 14.1. The third-order valence-electron chi connectivity index (χ3n) is 3.12. The van der Waals surface area contributed by atoms with E-state index in [0.717, 1.165) is 11.1 Å². The molecule has 5 heteroatoms. The first-order valence-corrected chi connectivity index (χ1v) is 6.79. The largest absolute Gasteiger partial charge is 0.343 e. The summed E-state index contributed by atoms with van der Waals surface area (Å²) in [5.41, 5.74) is 1.73. The van der Waals surface area contributed by atoms with E-state index in [2.05, 4.69) is 4.98 Å². The fourth-order valence-corrected chi connectivity index (χ4v) is 2.56. The van der Waals surface area contributed by atoms with Crippen LogP contribution in [-0.2, 0) is 6.54 Å². The smallest absolute Gasteiger partial charge is 0.189 e. The normalized spacial score (nSPS) is 10.9. The summed E-state index contributed by atoms with van der Waals surface area (Å²) in [6, 6.07) is 10.7. The van der Waals surface area contributed by atoms with Crippen molar-refractivity contribution in [3.63, 3.8) is 0 Å². The molecule has 3 nitrogen and oxygen atoms in total. The van der Waals surface area contributed by atoms with Crippen LogP contribution in [0.1, 0.15) is 5.56 Å². The summed E-state index contributed by atoms with van der Waals surface area (Å²) in [5.74, 6) is 0. The lowest BCUT2D eigenvalue weighted by atomic mass is 10.2. The average Bonchev–Trinajstić information content (AvgIpc) is 2.45. The van der Waals surface area contributed by atoms with E-state index in [0.29, 0.717) is 22.1 Å². The molecule has 3 aromatic rings. The maximum Gasteiger partial charge on any atom is 0.189 e. The number of para-hydroxylation sites is 1. The molecule has 0 amide bonds. The lowest BCUT2D eigenvalue weighted by Crippen LogP contribution is -2.09. The van der Waals surface area contributed by atoms with E-state index in [1.165, 1.54) is 0 Å². The van der Waals surface area contributed by atoms with Gasteiger partial charge in [0.2, 0.25) is 0 Å². The van der Waals surface area contributed by atoms with Crippen LogP contribution in [0.4, 0.5) is 0 Å². The first kappa shape index (κ1) is 13.2. The van der Waals surface area contributed by atoms with E-state index in [4.69, 9.17) is 23.2 Å². The molecule has 0 saturated carbocycles. The number of pyridine rings is 2. The first-order valence-electron chi connectivity index (χ1n) is 6.03. The van der Waals surface area contributed by atoms with Gasteiger partial charge in [-0.3, -0.25) is 4.79 Å². The van der Waals surface area contributed by atoms with Crippen molar-refractivity contribution in [1.82, 2.24) is 9.55 Å². The number of rotatable bonds is 2. The second-order valence-corrected chi connectivity index (χ2v) is 5.22. The van der Waals surface area contributed by atoms with Crippen LogP contribution >= 0.6 is 23.2 Å². The van der Waals surface area contributed by atoms with Crippen molar-refractivity contribution >= 4 is 34.1 Å². The second-order valence-electron chi connectivity index (χ2n) is 4.42. The van der Waals surface area contributed by atoms with E-state index in [-0.39, 0.29) is 5.43 Å². The molecule has 0 saturated heterocycles. The fourth-order valence-electron chi connectivity index (χ4n) is 2.13. The van der Waals surface area contributed by atoms with Crippen molar-refractivity contribution in [2.75, 3.05) is 0 Å². The molecule has 0 aliphatic heterocycles. The number of fused-ring (bicyclic) bond motifs is 1. The Balaban J connectivity index is 2.11. The monoisotopic (exact) mass is 304 g/mol. The molecule has 20 heavy (non-hydrogen) atoms. The molecule has 3 rings (SSSR count). The maximum absolute atomic E-state index is 11.8. The molecule has 100 valence electrons. The van der Waals surface area contributed by atoms with Gasteiger partial charge in [0.1, 0.15) is 5.15 Å². The highest BCUT2D eigenvalue weighted by molar-refractivity contribution is 6.34. The van der Waals surface area contributed by atoms with Gasteiger partial charge in [-0.05, 0) is 18.2 Å². The third-order valence-corrected chi connectivity index (χ3v) is 3.68. The van der Waals surface area contributed by atoms with Crippen LogP contribution in [0.25, 0.3) is 10.9 Å². The summed E-state index contributed by atoms with van der Waals surface area (Å²) in [4.78, 5) is 15.9. The molecular formula is C15H10Cl2N2O. The second kappa shape index (κ2) is 5.27. The van der Waals surface area contributed by atoms with Gasteiger partial charge in [-0.15, -0.1) is 0 Å². The van der Waals surface area contributed by atoms with Gasteiger partial charge in [0.05, 0.1) is 17.1 Å². The van der Waals surface area contributed by atoms with Crippen LogP contribution in [0.15, 0.2) is 53.6 Å². The molecule has 1 aromatic carbocycles. The quantitative estimate of drug-likeness (QED) is 0.676. The summed E-state index contributed by atoms with van der Waals surface area (Å²) >= 11 is 12.0. The predicted octanol–water partition coefficient (Wildman–Crippen LogP) is 3.75. The SMILES string of the molecule is O=c1ccn(Cc2cnc(Cl)cc2Cl)c2ccccc12. The van der Waals surface area contributed by atoms with Crippen molar-refractivity contribution < 1.29 is 0 Å². The van der Waals surface area contributed by atoms with E-state index in [1.807, 2.05) is 28.8 Å². The maximum atomic E-state index is 11.8. The van der Waals surface area contributed by atoms with E-state index in [9.17, 15) is 4.79 Å². The van der Waals surface area contributed by atoms with Crippen LogP contribution in [0.3, 0.4) is 0 Å². The Morgan fingerprint density at radius 2 is 1.95 bits per heavy atom. The third kappa shape index (κ3) is 2.42. The molecule has 0 unspecified atom stereocenters. The summed E-state index contributed by atoms with van der Waals surface area (Å²) < 4.78 is 1.97. The molecule has 2 aromatic heterocycles. The molecule has 0 bridgehead atoms. The predicted molar refractivity (Wildman–Crippen MR) is 81.6 cm³/mol. The van der Waals surface area contributed by atoms with Gasteiger partial charge in [0, 0.05) is 29.4 Å². The van der Waals surface area contributed by atoms with E-state index >= 15 is 0 Å². The summed E-state index contributed by atoms with van der Waals surface area (Å²) in [5, 5.41) is 1.62. The molecule has 2 heterocycles. The first-order chi connectivity index (χ1) is 9.65. The minimum Gasteiger partial charge on any atom is -0.343 e. The minimum absolute atomic E-state index is 0.0113. The van der Waals surface area contributed by atoms with Crippen molar-refractivity contribution in [2.24, 2.45) is 0 Å². The van der Waals surface area contributed by atoms with Crippen molar-refractivity contribution in [3.05, 3.63) is 74.8 Å². The number of halogens is 2. The molecule has 0 spiro atoms. The van der Waals surface area contributed by atoms with E-state index in [1.54, 1.807) is 24.5 Å². The van der Waals surface area contributed by atoms with Crippen molar-refractivity contribution in [2.45, 2.75) is 6.54 Å². The summed E-state index contributed by atoms with van der Waals surface area (Å²) in [7, 11) is 0. The molecule has 0 N–H and O–H groups in total. The topological polar surface area (TPSA) is 34.9 Å². The zero-order valence-electron chi connectivity index (χ0n) is 10.4. The lowest BCUT2D eigenvalue weighted by Gasteiger charge is -2.11. The van der Waals surface area contributed by atoms with Gasteiger partial charge < -0.3 is 4.57 Å². The number of aromatic nitrogens is 2. The van der Waals surface area contributed by atoms with E-state index < -0.39 is 0 Å². The Kier molecular flexibility index (Phi) is 3.47. The molecule has 0 aliphatic carbocycles. The number of benzene rings is 1. The zero-order valence-corrected chi connectivity index (χ0v) is 11.9. The van der Waals surface area contributed by atoms with Gasteiger partial charge in [-0.25, -0.2) is 4.98 Å². The number of nitrogens with zero attached hydrogens (tertiary/aromatic N) is 2. The van der Waals surface area contributed by atoms with Crippen LogP contribution in [0.2, 0.25) is 10.2 Å². The summed E-state index contributed by atoms with van der Waals surface area (Å²) in [6.07, 6.45) is 3.41. The van der Waals surface area contributed by atoms with Crippen LogP contribution < -0.4 is 5.43 Å². The number of hydrogen-bond donors (Lipinski definition) is 0. The minimum atomic E-state index is 0.0113. The molecule has 0 fully saturated rings. The van der Waals surface area contributed by atoms with Gasteiger partial charge in [-0.1, -0.05) is 35.3 Å². The number of hydrogen-bond acceptors (Lipinski definition) is 2. The van der Waals surface area contributed by atoms with Crippen LogP contribution in [0.5, 0.6) is 0 Å². The molecule has 0 atom stereocenters. The fraction of sp³-hybridized carbons (Fsp3) is 0.0667. The van der Waals surface area contributed by atoms with Crippen LogP contribution in [0, 0.1) is 0 Å². The Morgan fingerprint density at radius 3 is 2.75 bits per heavy atom. The Hall–Kier alpha value is -1.84. The Labute approximate surface area is 125 Å². The Morgan fingerprint density at radius 1 is 1.15 bits per heavy atom. The van der Waals surface area contributed by atoms with Gasteiger partial charge >= 0.3 is 0 Å². The Bertz CT molecular complexity index is 843. The van der Waals surface area contributed by atoms with Gasteiger partial charge in [-0.2, -0.15) is 0 Å². The van der Waals surface area contributed by atoms with Crippen LogP contribution in [-0.4, -0.2) is 9.55 Å². The molecule has 0 radical (unpaired) electrons. The molecule has 0 aliphatic rings.